The van der Waals surface area contributed by atoms with Crippen molar-refractivity contribution in [2.75, 3.05) is 5.32 Å². The molecule has 0 aromatic heterocycles. The normalized spacial score (nSPS) is 11.1. The third-order valence-corrected chi connectivity index (χ3v) is 2.38. The Labute approximate surface area is 105 Å². The third-order valence-electron chi connectivity index (χ3n) is 2.38. The number of hydrogen-bond acceptors (Lipinski definition) is 2. The predicted molar refractivity (Wildman–Crippen MR) is 65.7 cm³/mol. The zero-order valence-electron chi connectivity index (χ0n) is 10.4. The van der Waals surface area contributed by atoms with Crippen molar-refractivity contribution in [1.82, 2.24) is 0 Å². The van der Waals surface area contributed by atoms with Crippen molar-refractivity contribution < 1.29 is 19.1 Å². The number of carboxylic acids is 1. The quantitative estimate of drug-likeness (QED) is 0.847. The minimum Gasteiger partial charge on any atom is -0.481 e. The summed E-state index contributed by atoms with van der Waals surface area (Å²) < 4.78 is 12.9. The van der Waals surface area contributed by atoms with Crippen LogP contribution in [0.3, 0.4) is 0 Å². The molecule has 0 heterocycles. The lowest BCUT2D eigenvalue weighted by Crippen LogP contribution is -2.24. The second-order valence-electron chi connectivity index (χ2n) is 4.97. The lowest BCUT2D eigenvalue weighted by atomic mass is 9.85. The summed E-state index contributed by atoms with van der Waals surface area (Å²) in [6.07, 6.45) is -0.0284. The van der Waals surface area contributed by atoms with Gasteiger partial charge in [-0.15, -0.1) is 0 Å². The molecule has 0 aliphatic rings. The fourth-order valence-corrected chi connectivity index (χ4v) is 1.68. The van der Waals surface area contributed by atoms with Gasteiger partial charge < -0.3 is 10.4 Å². The number of halogens is 1. The van der Waals surface area contributed by atoms with Gasteiger partial charge in [-0.1, -0.05) is 19.9 Å². The number of carbonyl (C=O) groups is 2. The summed E-state index contributed by atoms with van der Waals surface area (Å²) in [7, 11) is 0. The van der Waals surface area contributed by atoms with Crippen LogP contribution < -0.4 is 5.32 Å². The van der Waals surface area contributed by atoms with Gasteiger partial charge in [0.25, 0.3) is 0 Å². The number of benzene rings is 1. The highest BCUT2D eigenvalue weighted by Crippen LogP contribution is 2.25. The molecule has 0 saturated carbocycles. The van der Waals surface area contributed by atoms with E-state index in [0.29, 0.717) is 5.69 Å². The Balaban J connectivity index is 2.59. The zero-order chi connectivity index (χ0) is 13.8. The molecule has 2 N–H and O–H groups in total. The van der Waals surface area contributed by atoms with Crippen LogP contribution in [0, 0.1) is 11.2 Å². The van der Waals surface area contributed by atoms with E-state index in [4.69, 9.17) is 5.11 Å². The van der Waals surface area contributed by atoms with Crippen LogP contribution in [0.1, 0.15) is 26.7 Å². The van der Waals surface area contributed by atoms with Crippen LogP contribution in [-0.2, 0) is 9.59 Å². The highest BCUT2D eigenvalue weighted by Gasteiger charge is 2.25. The Morgan fingerprint density at radius 1 is 1.33 bits per heavy atom. The first-order valence-corrected chi connectivity index (χ1v) is 5.56. The number of nitrogens with one attached hydrogen (secondary N) is 1. The highest BCUT2D eigenvalue weighted by molar-refractivity contribution is 5.91. The molecule has 0 unspecified atom stereocenters. The Bertz CT molecular complexity index is 457. The number of carbonyl (C=O) groups excluding carboxylic acids is 1. The van der Waals surface area contributed by atoms with Crippen molar-refractivity contribution in [2.24, 2.45) is 5.41 Å². The van der Waals surface area contributed by atoms with Crippen molar-refractivity contribution in [1.29, 1.82) is 0 Å². The summed E-state index contributed by atoms with van der Waals surface area (Å²) in [6.45, 7) is 3.40. The number of hydrogen-bond donors (Lipinski definition) is 2. The minimum atomic E-state index is -0.946. The SMILES string of the molecule is CC(C)(CC(=O)O)CC(=O)Nc1cccc(F)c1. The zero-order valence-corrected chi connectivity index (χ0v) is 10.4. The van der Waals surface area contributed by atoms with E-state index >= 15 is 0 Å². The molecule has 0 atom stereocenters. The fraction of sp³-hybridized carbons (Fsp3) is 0.385. The van der Waals surface area contributed by atoms with E-state index in [1.54, 1.807) is 19.9 Å². The lowest BCUT2D eigenvalue weighted by molar-refractivity contribution is -0.139. The molecule has 0 radical (unpaired) electrons. The van der Waals surface area contributed by atoms with Gasteiger partial charge >= 0.3 is 5.97 Å². The minimum absolute atomic E-state index is 0.0653. The molecule has 18 heavy (non-hydrogen) atoms. The Morgan fingerprint density at radius 2 is 2.00 bits per heavy atom. The van der Waals surface area contributed by atoms with Crippen LogP contribution in [0.25, 0.3) is 0 Å². The summed E-state index contributed by atoms with van der Waals surface area (Å²) >= 11 is 0. The van der Waals surface area contributed by atoms with Crippen molar-refractivity contribution in [3.63, 3.8) is 0 Å². The van der Waals surface area contributed by atoms with Crippen LogP contribution in [0.4, 0.5) is 10.1 Å². The van der Waals surface area contributed by atoms with Crippen LogP contribution in [0.15, 0.2) is 24.3 Å². The second-order valence-corrected chi connectivity index (χ2v) is 4.97. The van der Waals surface area contributed by atoms with Crippen LogP contribution in [-0.4, -0.2) is 17.0 Å². The molecule has 98 valence electrons. The Hall–Kier alpha value is -1.91. The van der Waals surface area contributed by atoms with Crippen molar-refractivity contribution in [2.45, 2.75) is 26.7 Å². The van der Waals surface area contributed by atoms with Crippen molar-refractivity contribution >= 4 is 17.6 Å². The van der Waals surface area contributed by atoms with Crippen molar-refractivity contribution in [3.05, 3.63) is 30.1 Å². The van der Waals surface area contributed by atoms with Gasteiger partial charge in [0.2, 0.25) is 5.91 Å². The van der Waals surface area contributed by atoms with E-state index in [0.717, 1.165) is 0 Å². The van der Waals surface area contributed by atoms with Gasteiger partial charge in [-0.3, -0.25) is 9.59 Å². The summed E-state index contributed by atoms with van der Waals surface area (Å²) in [5.74, 6) is -1.71. The monoisotopic (exact) mass is 253 g/mol. The molecular formula is C13H16FNO3. The average Bonchev–Trinajstić information content (AvgIpc) is 2.13. The molecule has 0 bridgehead atoms. The van der Waals surface area contributed by atoms with Gasteiger partial charge in [-0.25, -0.2) is 4.39 Å². The molecule has 1 amide bonds. The second kappa shape index (κ2) is 5.62. The molecular weight excluding hydrogens is 237 g/mol. The summed E-state index contributed by atoms with van der Waals surface area (Å²) in [5, 5.41) is 11.2. The summed E-state index contributed by atoms with van der Waals surface area (Å²) in [4.78, 5) is 22.3. The first-order valence-electron chi connectivity index (χ1n) is 5.56. The van der Waals surface area contributed by atoms with Gasteiger partial charge in [0.1, 0.15) is 5.82 Å². The van der Waals surface area contributed by atoms with E-state index in [1.807, 2.05) is 0 Å². The number of amides is 1. The van der Waals surface area contributed by atoms with E-state index in [-0.39, 0.29) is 18.7 Å². The summed E-state index contributed by atoms with van der Waals surface area (Å²) in [5.41, 5.74) is -0.269. The number of carboxylic acid groups (broad SMARTS) is 1. The topological polar surface area (TPSA) is 66.4 Å². The maximum absolute atomic E-state index is 12.9. The van der Waals surface area contributed by atoms with Gasteiger partial charge in [0.05, 0.1) is 6.42 Å². The molecule has 1 rings (SSSR count). The molecule has 0 fully saturated rings. The number of aliphatic carboxylic acids is 1. The largest absolute Gasteiger partial charge is 0.481 e. The number of rotatable bonds is 5. The molecule has 1 aromatic rings. The standard InChI is InChI=1S/C13H16FNO3/c1-13(2,8-12(17)18)7-11(16)15-10-5-3-4-9(14)6-10/h3-6H,7-8H2,1-2H3,(H,15,16)(H,17,18). The number of anilines is 1. The van der Waals surface area contributed by atoms with E-state index in [2.05, 4.69) is 5.32 Å². The maximum Gasteiger partial charge on any atom is 0.303 e. The van der Waals surface area contributed by atoms with Gasteiger partial charge in [-0.2, -0.15) is 0 Å². The first kappa shape index (κ1) is 14.2. The van der Waals surface area contributed by atoms with E-state index in [9.17, 15) is 14.0 Å². The Kier molecular flexibility index (Phi) is 4.42. The maximum atomic E-state index is 12.9. The predicted octanol–water partition coefficient (Wildman–Crippen LogP) is 2.66. The lowest BCUT2D eigenvalue weighted by Gasteiger charge is -2.21. The molecule has 1 aromatic carbocycles. The van der Waals surface area contributed by atoms with Gasteiger partial charge in [-0.05, 0) is 23.6 Å². The van der Waals surface area contributed by atoms with E-state index < -0.39 is 17.2 Å². The highest BCUT2D eigenvalue weighted by atomic mass is 19.1. The summed E-state index contributed by atoms with van der Waals surface area (Å²) in [6, 6.07) is 5.56. The molecule has 0 aliphatic heterocycles. The molecule has 0 aliphatic carbocycles. The van der Waals surface area contributed by atoms with Crippen LogP contribution in [0.2, 0.25) is 0 Å². The van der Waals surface area contributed by atoms with E-state index in [1.165, 1.54) is 18.2 Å². The smallest absolute Gasteiger partial charge is 0.303 e. The van der Waals surface area contributed by atoms with Gasteiger partial charge in [0.15, 0.2) is 0 Å². The Morgan fingerprint density at radius 3 is 2.56 bits per heavy atom. The third kappa shape index (κ3) is 4.95. The van der Waals surface area contributed by atoms with Gasteiger partial charge in [0, 0.05) is 12.1 Å². The van der Waals surface area contributed by atoms with Crippen LogP contribution in [0.5, 0.6) is 0 Å². The molecule has 0 saturated heterocycles. The average molecular weight is 253 g/mol. The molecule has 0 spiro atoms. The molecule has 4 nitrogen and oxygen atoms in total. The van der Waals surface area contributed by atoms with Crippen LogP contribution >= 0.6 is 0 Å². The molecule has 5 heteroatoms. The first-order chi connectivity index (χ1) is 8.28. The fourth-order valence-electron chi connectivity index (χ4n) is 1.68. The van der Waals surface area contributed by atoms with Crippen molar-refractivity contribution in [3.8, 4) is 0 Å².